The van der Waals surface area contributed by atoms with Crippen LogP contribution in [0.15, 0.2) is 10.7 Å². The summed E-state index contributed by atoms with van der Waals surface area (Å²) in [5.41, 5.74) is 0.763. The maximum Gasteiger partial charge on any atom is 0.185 e. The van der Waals surface area contributed by atoms with Gasteiger partial charge < -0.3 is 4.90 Å². The van der Waals surface area contributed by atoms with Crippen LogP contribution in [0.25, 0.3) is 0 Å². The number of carbonyl (C=O) groups is 1. The first-order valence-electron chi connectivity index (χ1n) is 7.93. The van der Waals surface area contributed by atoms with E-state index in [9.17, 15) is 4.79 Å². The normalized spacial score (nSPS) is 22.7. The molecule has 1 heterocycles. The largest absolute Gasteiger partial charge is 0.308 e. The topological polar surface area (TPSA) is 38.1 Å². The van der Waals surface area contributed by atoms with E-state index in [-0.39, 0.29) is 11.7 Å². The van der Waals surface area contributed by atoms with Gasteiger partial charge in [-0.1, -0.05) is 26.2 Å². The molecule has 0 aliphatic heterocycles. The van der Waals surface area contributed by atoms with Gasteiger partial charge in [-0.25, -0.2) is 0 Å². The maximum absolute atomic E-state index is 12.9. The zero-order valence-electron chi connectivity index (χ0n) is 13.3. The first-order chi connectivity index (χ1) is 10.0. The van der Waals surface area contributed by atoms with Gasteiger partial charge in [-0.2, -0.15) is 5.10 Å². The third-order valence-corrected chi connectivity index (χ3v) is 5.10. The molecule has 5 heteroatoms. The van der Waals surface area contributed by atoms with Crippen molar-refractivity contribution < 1.29 is 4.79 Å². The van der Waals surface area contributed by atoms with Crippen molar-refractivity contribution in [3.05, 3.63) is 16.4 Å². The van der Waals surface area contributed by atoms with Gasteiger partial charge in [0, 0.05) is 12.5 Å². The van der Waals surface area contributed by atoms with E-state index in [4.69, 9.17) is 0 Å². The highest BCUT2D eigenvalue weighted by Crippen LogP contribution is 2.34. The molecule has 2 rings (SSSR count). The highest BCUT2D eigenvalue weighted by atomic mass is 79.9. The molecule has 0 N–H and O–H groups in total. The van der Waals surface area contributed by atoms with Gasteiger partial charge in [-0.15, -0.1) is 0 Å². The summed E-state index contributed by atoms with van der Waals surface area (Å²) in [6, 6.07) is 0. The Labute approximate surface area is 136 Å². The predicted octanol–water partition coefficient (Wildman–Crippen LogP) is 3.61. The molecule has 1 saturated carbocycles. The minimum atomic E-state index is 0.176. The third-order valence-electron chi connectivity index (χ3n) is 4.52. The fraction of sp³-hybridized carbons (Fsp3) is 0.750. The molecule has 4 nitrogen and oxygen atoms in total. The Morgan fingerprint density at radius 2 is 2.24 bits per heavy atom. The van der Waals surface area contributed by atoms with E-state index in [0.717, 1.165) is 36.1 Å². The van der Waals surface area contributed by atoms with E-state index in [2.05, 4.69) is 32.9 Å². The molecule has 118 valence electrons. The maximum atomic E-state index is 12.9. The van der Waals surface area contributed by atoms with Gasteiger partial charge >= 0.3 is 0 Å². The number of likely N-dealkylation sites (N-methyl/N-ethyl adjacent to an activating group) is 1. The summed E-state index contributed by atoms with van der Waals surface area (Å²) in [6.45, 7) is 3.87. The molecule has 2 unspecified atom stereocenters. The van der Waals surface area contributed by atoms with Gasteiger partial charge in [0.25, 0.3) is 0 Å². The van der Waals surface area contributed by atoms with Crippen LogP contribution in [-0.4, -0.2) is 41.1 Å². The lowest BCUT2D eigenvalue weighted by Crippen LogP contribution is -2.27. The van der Waals surface area contributed by atoms with E-state index in [1.54, 1.807) is 6.20 Å². The van der Waals surface area contributed by atoms with Crippen LogP contribution in [0.1, 0.15) is 49.5 Å². The van der Waals surface area contributed by atoms with Gasteiger partial charge in [-0.3, -0.25) is 9.48 Å². The van der Waals surface area contributed by atoms with Crippen molar-refractivity contribution in [3.63, 3.8) is 0 Å². The number of carbonyl (C=O) groups excluding carboxylic acids is 1. The summed E-state index contributed by atoms with van der Waals surface area (Å²) in [5.74, 6) is 1.16. The zero-order valence-corrected chi connectivity index (χ0v) is 14.9. The second-order valence-corrected chi connectivity index (χ2v) is 7.22. The van der Waals surface area contributed by atoms with E-state index < -0.39 is 0 Å². The highest BCUT2D eigenvalue weighted by molar-refractivity contribution is 9.10. The van der Waals surface area contributed by atoms with Crippen LogP contribution in [0.2, 0.25) is 0 Å². The van der Waals surface area contributed by atoms with Crippen molar-refractivity contribution in [2.24, 2.45) is 11.8 Å². The molecule has 0 aromatic carbocycles. The number of hydrogen-bond donors (Lipinski definition) is 0. The Hall–Kier alpha value is -0.680. The van der Waals surface area contributed by atoms with Crippen molar-refractivity contribution in [3.8, 4) is 0 Å². The van der Waals surface area contributed by atoms with Gasteiger partial charge in [-0.05, 0) is 48.8 Å². The van der Waals surface area contributed by atoms with Gasteiger partial charge in [0.05, 0.1) is 17.2 Å². The highest BCUT2D eigenvalue weighted by Gasteiger charge is 2.30. The standard InChI is InChI=1S/C16H26BrN3O/c1-4-12-6-5-7-13(10-12)16(21)15-14(17)11-18-20(15)9-8-19(2)3/h11-13H,4-10H2,1-3H3. The molecule has 1 fully saturated rings. The van der Waals surface area contributed by atoms with Crippen LogP contribution < -0.4 is 0 Å². The molecule has 0 spiro atoms. The van der Waals surface area contributed by atoms with Crippen LogP contribution in [0.5, 0.6) is 0 Å². The molecule has 21 heavy (non-hydrogen) atoms. The molecule has 1 aromatic heterocycles. The van der Waals surface area contributed by atoms with Gasteiger partial charge in [0.1, 0.15) is 5.69 Å². The van der Waals surface area contributed by atoms with Crippen molar-refractivity contribution >= 4 is 21.7 Å². The molecule has 0 saturated heterocycles. The van der Waals surface area contributed by atoms with Crippen LogP contribution in [0, 0.1) is 11.8 Å². The monoisotopic (exact) mass is 355 g/mol. The van der Waals surface area contributed by atoms with Crippen molar-refractivity contribution in [1.29, 1.82) is 0 Å². The van der Waals surface area contributed by atoms with E-state index in [0.29, 0.717) is 5.92 Å². The Kier molecular flexibility index (Phi) is 5.99. The number of halogens is 1. The minimum absolute atomic E-state index is 0.176. The summed E-state index contributed by atoms with van der Waals surface area (Å²) in [5, 5.41) is 4.37. The summed E-state index contributed by atoms with van der Waals surface area (Å²) < 4.78 is 2.70. The molecule has 2 atom stereocenters. The summed E-state index contributed by atoms with van der Waals surface area (Å²) in [4.78, 5) is 15.0. The predicted molar refractivity (Wildman–Crippen MR) is 88.6 cm³/mol. The number of nitrogens with zero attached hydrogens (tertiary/aromatic N) is 3. The molecule has 0 radical (unpaired) electrons. The fourth-order valence-electron chi connectivity index (χ4n) is 3.16. The second kappa shape index (κ2) is 7.54. The van der Waals surface area contributed by atoms with Crippen LogP contribution in [-0.2, 0) is 6.54 Å². The fourth-order valence-corrected chi connectivity index (χ4v) is 3.66. The Balaban J connectivity index is 2.12. The second-order valence-electron chi connectivity index (χ2n) is 6.37. The molecule has 0 amide bonds. The van der Waals surface area contributed by atoms with Crippen molar-refractivity contribution in [2.45, 2.75) is 45.6 Å². The first-order valence-corrected chi connectivity index (χ1v) is 8.72. The molecule has 0 bridgehead atoms. The third kappa shape index (κ3) is 4.16. The SMILES string of the molecule is CCC1CCCC(C(=O)c2c(Br)cnn2CCN(C)C)C1. The minimum Gasteiger partial charge on any atom is -0.308 e. The number of hydrogen-bond acceptors (Lipinski definition) is 3. The smallest absolute Gasteiger partial charge is 0.185 e. The van der Waals surface area contributed by atoms with Crippen molar-refractivity contribution in [1.82, 2.24) is 14.7 Å². The number of ketones is 1. The van der Waals surface area contributed by atoms with E-state index >= 15 is 0 Å². The summed E-state index contributed by atoms with van der Waals surface area (Å²) >= 11 is 3.51. The Bertz CT molecular complexity index is 484. The summed E-state index contributed by atoms with van der Waals surface area (Å²) in [6.07, 6.45) is 7.47. The lowest BCUT2D eigenvalue weighted by molar-refractivity contribution is 0.0849. The number of Topliss-reactive ketones (excluding diaryl/α,β-unsaturated/α-hetero) is 1. The van der Waals surface area contributed by atoms with Gasteiger partial charge in [0.2, 0.25) is 0 Å². The van der Waals surface area contributed by atoms with Gasteiger partial charge in [0.15, 0.2) is 5.78 Å². The molecule has 1 aliphatic carbocycles. The Morgan fingerprint density at radius 1 is 1.48 bits per heavy atom. The zero-order chi connectivity index (χ0) is 15.4. The number of aromatic nitrogens is 2. The number of rotatable bonds is 6. The van der Waals surface area contributed by atoms with Crippen LogP contribution in [0.3, 0.4) is 0 Å². The molecule has 1 aromatic rings. The average molecular weight is 356 g/mol. The van der Waals surface area contributed by atoms with Crippen LogP contribution in [0.4, 0.5) is 0 Å². The first kappa shape index (κ1) is 16.7. The van der Waals surface area contributed by atoms with E-state index in [1.165, 1.54) is 19.3 Å². The lowest BCUT2D eigenvalue weighted by Gasteiger charge is -2.27. The molecular formula is C16H26BrN3O. The van der Waals surface area contributed by atoms with E-state index in [1.807, 2.05) is 18.8 Å². The van der Waals surface area contributed by atoms with Crippen molar-refractivity contribution in [2.75, 3.05) is 20.6 Å². The quantitative estimate of drug-likeness (QED) is 0.731. The van der Waals surface area contributed by atoms with Crippen LogP contribution >= 0.6 is 15.9 Å². The average Bonchev–Trinajstić information content (AvgIpc) is 2.85. The Morgan fingerprint density at radius 3 is 2.90 bits per heavy atom. The lowest BCUT2D eigenvalue weighted by atomic mass is 9.78. The summed E-state index contributed by atoms with van der Waals surface area (Å²) in [7, 11) is 4.07. The molecule has 1 aliphatic rings. The molecular weight excluding hydrogens is 330 g/mol.